The van der Waals surface area contributed by atoms with Crippen LogP contribution in [0.1, 0.15) is 46.0 Å². The second-order valence-electron chi connectivity index (χ2n) is 8.50. The van der Waals surface area contributed by atoms with Gasteiger partial charge in [0, 0.05) is 52.9 Å². The summed E-state index contributed by atoms with van der Waals surface area (Å²) in [5, 5.41) is 6.95. The van der Waals surface area contributed by atoms with Crippen LogP contribution in [0.5, 0.6) is 0 Å². The molecule has 2 saturated heterocycles. The quantitative estimate of drug-likeness (QED) is 0.406. The molecule has 2 aliphatic heterocycles. The van der Waals surface area contributed by atoms with Crippen LogP contribution in [-0.2, 0) is 14.3 Å². The average molecular weight is 426 g/mol. The second-order valence-corrected chi connectivity index (χ2v) is 8.50. The molecule has 1 amide bonds. The number of nitrogens with zero attached hydrogens (tertiary/aromatic N) is 3. The van der Waals surface area contributed by atoms with Gasteiger partial charge >= 0.3 is 0 Å². The number of hydrogen-bond donors (Lipinski definition) is 2. The van der Waals surface area contributed by atoms with Crippen molar-refractivity contribution in [1.82, 2.24) is 20.4 Å². The molecule has 0 saturated carbocycles. The third-order valence-corrected chi connectivity index (χ3v) is 6.23. The molecule has 0 aromatic rings. The van der Waals surface area contributed by atoms with Gasteiger partial charge in [0.25, 0.3) is 0 Å². The maximum atomic E-state index is 12.1. The van der Waals surface area contributed by atoms with Crippen LogP contribution < -0.4 is 10.6 Å². The van der Waals surface area contributed by atoms with Gasteiger partial charge in [0.1, 0.15) is 6.54 Å². The van der Waals surface area contributed by atoms with Crippen molar-refractivity contribution >= 4 is 11.9 Å². The summed E-state index contributed by atoms with van der Waals surface area (Å²) in [5.41, 5.74) is 0. The van der Waals surface area contributed by atoms with Crippen molar-refractivity contribution in [2.24, 2.45) is 10.9 Å². The van der Waals surface area contributed by atoms with E-state index in [4.69, 9.17) is 9.47 Å². The van der Waals surface area contributed by atoms with Gasteiger partial charge in [-0.05, 0) is 25.2 Å². The predicted octanol–water partition coefficient (Wildman–Crippen LogP) is 1.32. The monoisotopic (exact) mass is 425 g/mol. The topological polar surface area (TPSA) is 78.4 Å². The van der Waals surface area contributed by atoms with E-state index >= 15 is 0 Å². The Morgan fingerprint density at radius 1 is 1.13 bits per heavy atom. The Kier molecular flexibility index (Phi) is 11.5. The van der Waals surface area contributed by atoms with Gasteiger partial charge < -0.3 is 25.0 Å². The molecule has 8 heteroatoms. The minimum absolute atomic E-state index is 0.00487. The third kappa shape index (κ3) is 8.40. The highest BCUT2D eigenvalue weighted by Crippen LogP contribution is 2.19. The highest BCUT2D eigenvalue weighted by molar-refractivity contribution is 5.84. The Bertz CT molecular complexity index is 513. The number of aliphatic imine (C=N–C) groups is 1. The zero-order valence-electron chi connectivity index (χ0n) is 19.5. The lowest BCUT2D eigenvalue weighted by Crippen LogP contribution is -2.54. The van der Waals surface area contributed by atoms with E-state index < -0.39 is 0 Å². The fourth-order valence-electron chi connectivity index (χ4n) is 4.18. The molecule has 2 N–H and O–H groups in total. The largest absolute Gasteiger partial charge is 0.379 e. The van der Waals surface area contributed by atoms with Gasteiger partial charge in [0.2, 0.25) is 5.91 Å². The van der Waals surface area contributed by atoms with Crippen LogP contribution in [0.2, 0.25) is 0 Å². The summed E-state index contributed by atoms with van der Waals surface area (Å²) in [4.78, 5) is 20.7. The lowest BCUT2D eigenvalue weighted by molar-refractivity contribution is -0.127. The number of hydrogen-bond acceptors (Lipinski definition) is 5. The van der Waals surface area contributed by atoms with Crippen molar-refractivity contribution in [2.75, 3.05) is 66.6 Å². The number of morpholine rings is 1. The Labute approximate surface area is 182 Å². The van der Waals surface area contributed by atoms with Crippen molar-refractivity contribution < 1.29 is 14.3 Å². The predicted molar refractivity (Wildman–Crippen MR) is 121 cm³/mol. The minimum atomic E-state index is -0.00487. The number of amides is 1. The van der Waals surface area contributed by atoms with E-state index in [1.54, 1.807) is 19.0 Å². The number of guanidine groups is 1. The first kappa shape index (κ1) is 24.9. The van der Waals surface area contributed by atoms with E-state index in [0.29, 0.717) is 17.9 Å². The molecule has 0 radical (unpaired) electrons. The van der Waals surface area contributed by atoms with Crippen LogP contribution in [0.4, 0.5) is 0 Å². The SMILES string of the molecule is CCC(CC)C(CNC(=NCC(=O)N(C)C)NCC1CCCCO1)N1CCOCC1. The molecule has 8 nitrogen and oxygen atoms in total. The number of carbonyl (C=O) groups is 1. The van der Waals surface area contributed by atoms with Gasteiger partial charge in [-0.1, -0.05) is 26.7 Å². The average Bonchev–Trinajstić information content (AvgIpc) is 2.78. The summed E-state index contributed by atoms with van der Waals surface area (Å²) in [5.74, 6) is 1.31. The van der Waals surface area contributed by atoms with Gasteiger partial charge in [0.15, 0.2) is 5.96 Å². The normalized spacial score (nSPS) is 22.0. The van der Waals surface area contributed by atoms with Gasteiger partial charge in [-0.2, -0.15) is 0 Å². The van der Waals surface area contributed by atoms with E-state index in [9.17, 15) is 4.79 Å². The Morgan fingerprint density at radius 3 is 2.47 bits per heavy atom. The Morgan fingerprint density at radius 2 is 1.87 bits per heavy atom. The van der Waals surface area contributed by atoms with E-state index in [1.807, 2.05) is 0 Å². The zero-order chi connectivity index (χ0) is 21.8. The van der Waals surface area contributed by atoms with Crippen LogP contribution in [-0.4, -0.2) is 100 Å². The summed E-state index contributed by atoms with van der Waals surface area (Å²) in [7, 11) is 3.52. The number of rotatable bonds is 10. The highest BCUT2D eigenvalue weighted by atomic mass is 16.5. The lowest BCUT2D eigenvalue weighted by atomic mass is 9.92. The lowest BCUT2D eigenvalue weighted by Gasteiger charge is -2.39. The van der Waals surface area contributed by atoms with Gasteiger partial charge in [-0.3, -0.25) is 9.69 Å². The molecule has 0 bridgehead atoms. The Hall–Kier alpha value is -1.38. The second kappa shape index (κ2) is 13.8. The molecule has 0 aromatic carbocycles. The molecule has 30 heavy (non-hydrogen) atoms. The number of nitrogens with one attached hydrogen (secondary N) is 2. The fraction of sp³-hybridized carbons (Fsp3) is 0.909. The number of likely N-dealkylation sites (N-methyl/N-ethyl adjacent to an activating group) is 1. The van der Waals surface area contributed by atoms with Crippen molar-refractivity contribution in [3.8, 4) is 0 Å². The summed E-state index contributed by atoms with van der Waals surface area (Å²) < 4.78 is 11.4. The minimum Gasteiger partial charge on any atom is -0.379 e. The summed E-state index contributed by atoms with van der Waals surface area (Å²) in [6, 6.07) is 0.423. The molecule has 2 atom stereocenters. The van der Waals surface area contributed by atoms with Crippen molar-refractivity contribution in [3.05, 3.63) is 0 Å². The van der Waals surface area contributed by atoms with Crippen LogP contribution in [0.3, 0.4) is 0 Å². The van der Waals surface area contributed by atoms with Gasteiger partial charge in [-0.25, -0.2) is 4.99 Å². The van der Waals surface area contributed by atoms with Crippen LogP contribution in [0.25, 0.3) is 0 Å². The fourth-order valence-corrected chi connectivity index (χ4v) is 4.18. The third-order valence-electron chi connectivity index (χ3n) is 6.23. The molecule has 174 valence electrons. The van der Waals surface area contributed by atoms with Gasteiger partial charge in [0.05, 0.1) is 19.3 Å². The maximum absolute atomic E-state index is 12.1. The maximum Gasteiger partial charge on any atom is 0.243 e. The first-order chi connectivity index (χ1) is 14.5. The summed E-state index contributed by atoms with van der Waals surface area (Å²) in [6.45, 7) is 10.6. The standard InChI is InChI=1S/C22H43N5O3/c1-5-18(6-2)20(27-10-13-29-14-11-27)16-24-22(25-17-21(28)26(3)4)23-15-19-9-7-8-12-30-19/h18-20H,5-17H2,1-4H3,(H2,23,24,25). The Balaban J connectivity index is 2.00. The molecule has 2 fully saturated rings. The smallest absolute Gasteiger partial charge is 0.243 e. The summed E-state index contributed by atoms with van der Waals surface area (Å²) in [6.07, 6.45) is 5.93. The molecule has 2 rings (SSSR count). The molecule has 2 unspecified atom stereocenters. The van der Waals surface area contributed by atoms with E-state index in [0.717, 1.165) is 71.7 Å². The first-order valence-corrected chi connectivity index (χ1v) is 11.7. The zero-order valence-corrected chi connectivity index (χ0v) is 19.5. The number of ether oxygens (including phenoxy) is 2. The van der Waals surface area contributed by atoms with Crippen molar-refractivity contribution in [1.29, 1.82) is 0 Å². The molecule has 2 aliphatic rings. The highest BCUT2D eigenvalue weighted by Gasteiger charge is 2.27. The molecular weight excluding hydrogens is 382 g/mol. The van der Waals surface area contributed by atoms with Crippen molar-refractivity contribution in [3.63, 3.8) is 0 Å². The molecule has 0 spiro atoms. The first-order valence-electron chi connectivity index (χ1n) is 11.7. The molecule has 0 aromatic heterocycles. The van der Waals surface area contributed by atoms with E-state index in [-0.39, 0.29) is 18.6 Å². The molecule has 2 heterocycles. The van der Waals surface area contributed by atoms with E-state index in [2.05, 4.69) is 34.4 Å². The van der Waals surface area contributed by atoms with Crippen molar-refractivity contribution in [2.45, 2.75) is 58.1 Å². The summed E-state index contributed by atoms with van der Waals surface area (Å²) >= 11 is 0. The van der Waals surface area contributed by atoms with Crippen LogP contribution >= 0.6 is 0 Å². The van der Waals surface area contributed by atoms with Gasteiger partial charge in [-0.15, -0.1) is 0 Å². The molecule has 0 aliphatic carbocycles. The van der Waals surface area contributed by atoms with Crippen LogP contribution in [0, 0.1) is 5.92 Å². The van der Waals surface area contributed by atoms with E-state index in [1.165, 1.54) is 6.42 Å². The van der Waals surface area contributed by atoms with Crippen LogP contribution in [0.15, 0.2) is 4.99 Å². The molecular formula is C22H43N5O3. The number of carbonyl (C=O) groups excluding carboxylic acids is 1.